The second-order valence-corrected chi connectivity index (χ2v) is 5.09. The van der Waals surface area contributed by atoms with Crippen molar-refractivity contribution in [2.75, 3.05) is 19.0 Å². The highest BCUT2D eigenvalue weighted by Gasteiger charge is 2.10. The highest BCUT2D eigenvalue weighted by Crippen LogP contribution is 2.20. The van der Waals surface area contributed by atoms with Crippen molar-refractivity contribution in [1.82, 2.24) is 10.3 Å². The summed E-state index contributed by atoms with van der Waals surface area (Å²) in [6.07, 6.45) is 1.24. The van der Waals surface area contributed by atoms with Crippen molar-refractivity contribution in [2.24, 2.45) is 0 Å². The molecule has 1 aromatic carbocycles. The number of aromatic nitrogens is 1. The van der Waals surface area contributed by atoms with E-state index in [0.29, 0.717) is 18.1 Å². The first kappa shape index (κ1) is 14.8. The van der Waals surface area contributed by atoms with Crippen LogP contribution in [0.1, 0.15) is 11.1 Å². The minimum absolute atomic E-state index is 0.324. The molecule has 0 saturated carbocycles. The van der Waals surface area contributed by atoms with E-state index in [0.717, 1.165) is 16.9 Å². The van der Waals surface area contributed by atoms with Gasteiger partial charge < -0.3 is 10.2 Å². The van der Waals surface area contributed by atoms with Gasteiger partial charge in [-0.1, -0.05) is 23.7 Å². The summed E-state index contributed by atoms with van der Waals surface area (Å²) in [5.41, 5.74) is 1.92. The van der Waals surface area contributed by atoms with E-state index in [4.69, 9.17) is 11.6 Å². The number of hydrogen-bond donors (Lipinski definition) is 1. The van der Waals surface area contributed by atoms with Crippen LogP contribution in [-0.4, -0.2) is 19.1 Å². The molecule has 0 bridgehead atoms. The number of pyridine rings is 1. The van der Waals surface area contributed by atoms with Crippen molar-refractivity contribution >= 4 is 17.4 Å². The molecule has 0 unspecified atom stereocenters. The number of nitrogens with zero attached hydrogens (tertiary/aromatic N) is 2. The Labute approximate surface area is 123 Å². The first-order chi connectivity index (χ1) is 9.60. The SMILES string of the molecule is CNCc1cc(F)cnc1N(C)Cc1cccc(Cl)c1. The van der Waals surface area contributed by atoms with E-state index in [9.17, 15) is 4.39 Å². The lowest BCUT2D eigenvalue weighted by Gasteiger charge is -2.21. The first-order valence-corrected chi connectivity index (χ1v) is 6.72. The van der Waals surface area contributed by atoms with Crippen LogP contribution in [0.2, 0.25) is 5.02 Å². The summed E-state index contributed by atoms with van der Waals surface area (Å²) in [6.45, 7) is 1.23. The van der Waals surface area contributed by atoms with Crippen molar-refractivity contribution in [2.45, 2.75) is 13.1 Å². The molecule has 0 aliphatic rings. The van der Waals surface area contributed by atoms with Gasteiger partial charge in [0.25, 0.3) is 0 Å². The van der Waals surface area contributed by atoms with Gasteiger partial charge in [0.2, 0.25) is 0 Å². The Morgan fingerprint density at radius 1 is 1.35 bits per heavy atom. The molecule has 1 aromatic heterocycles. The molecule has 2 aromatic rings. The number of rotatable bonds is 5. The summed E-state index contributed by atoms with van der Waals surface area (Å²) in [4.78, 5) is 6.18. The van der Waals surface area contributed by atoms with Crippen molar-refractivity contribution in [3.8, 4) is 0 Å². The molecule has 106 valence electrons. The Bertz CT molecular complexity index is 589. The highest BCUT2D eigenvalue weighted by atomic mass is 35.5. The fraction of sp³-hybridized carbons (Fsp3) is 0.267. The maximum absolute atomic E-state index is 13.3. The molecule has 2 rings (SSSR count). The summed E-state index contributed by atoms with van der Waals surface area (Å²) in [5.74, 6) is 0.441. The van der Waals surface area contributed by atoms with Crippen molar-refractivity contribution in [3.63, 3.8) is 0 Å². The van der Waals surface area contributed by atoms with Gasteiger partial charge in [0.05, 0.1) is 6.20 Å². The van der Waals surface area contributed by atoms with Gasteiger partial charge in [0.15, 0.2) is 0 Å². The predicted molar refractivity (Wildman–Crippen MR) is 80.5 cm³/mol. The lowest BCUT2D eigenvalue weighted by molar-refractivity contribution is 0.615. The van der Waals surface area contributed by atoms with Gasteiger partial charge in [-0.2, -0.15) is 0 Å². The summed E-state index contributed by atoms with van der Waals surface area (Å²) < 4.78 is 13.3. The second kappa shape index (κ2) is 6.68. The molecule has 1 heterocycles. The fourth-order valence-electron chi connectivity index (χ4n) is 2.12. The number of halogens is 2. The standard InChI is InChI=1S/C15H17ClFN3/c1-18-8-12-7-14(17)9-19-15(12)20(2)10-11-4-3-5-13(16)6-11/h3-7,9,18H,8,10H2,1-2H3. The van der Waals surface area contributed by atoms with Gasteiger partial charge in [0.1, 0.15) is 11.6 Å². The molecule has 0 aliphatic heterocycles. The van der Waals surface area contributed by atoms with E-state index in [1.165, 1.54) is 12.3 Å². The van der Waals surface area contributed by atoms with Gasteiger partial charge in [-0.15, -0.1) is 0 Å². The Balaban J connectivity index is 2.22. The van der Waals surface area contributed by atoms with Crippen molar-refractivity contribution in [1.29, 1.82) is 0 Å². The topological polar surface area (TPSA) is 28.2 Å². The summed E-state index contributed by atoms with van der Waals surface area (Å²) in [7, 11) is 3.76. The third kappa shape index (κ3) is 3.68. The zero-order valence-corrected chi connectivity index (χ0v) is 12.3. The number of anilines is 1. The van der Waals surface area contributed by atoms with Crippen LogP contribution in [0.4, 0.5) is 10.2 Å². The van der Waals surface area contributed by atoms with Crippen LogP contribution in [0.25, 0.3) is 0 Å². The zero-order chi connectivity index (χ0) is 14.5. The van der Waals surface area contributed by atoms with Gasteiger partial charge in [-0.3, -0.25) is 0 Å². The Morgan fingerprint density at radius 3 is 2.85 bits per heavy atom. The maximum atomic E-state index is 13.3. The first-order valence-electron chi connectivity index (χ1n) is 6.34. The molecule has 0 fully saturated rings. The van der Waals surface area contributed by atoms with Crippen LogP contribution in [-0.2, 0) is 13.1 Å². The van der Waals surface area contributed by atoms with Crippen LogP contribution in [0.3, 0.4) is 0 Å². The smallest absolute Gasteiger partial charge is 0.141 e. The normalized spacial score (nSPS) is 10.6. The molecule has 20 heavy (non-hydrogen) atoms. The Kier molecular flexibility index (Phi) is 4.93. The van der Waals surface area contributed by atoms with E-state index in [1.807, 2.05) is 43.3 Å². The van der Waals surface area contributed by atoms with Crippen LogP contribution in [0.15, 0.2) is 36.5 Å². The van der Waals surface area contributed by atoms with Crippen LogP contribution >= 0.6 is 11.6 Å². The molecule has 0 radical (unpaired) electrons. The average Bonchev–Trinajstić information content (AvgIpc) is 2.39. The summed E-state index contributed by atoms with van der Waals surface area (Å²) in [5, 5.41) is 3.73. The largest absolute Gasteiger partial charge is 0.355 e. The third-order valence-corrected chi connectivity index (χ3v) is 3.18. The van der Waals surface area contributed by atoms with Crippen LogP contribution < -0.4 is 10.2 Å². The molecule has 1 N–H and O–H groups in total. The van der Waals surface area contributed by atoms with Gasteiger partial charge in [-0.25, -0.2) is 9.37 Å². The maximum Gasteiger partial charge on any atom is 0.141 e. The quantitative estimate of drug-likeness (QED) is 0.917. The fourth-order valence-corrected chi connectivity index (χ4v) is 2.34. The van der Waals surface area contributed by atoms with Crippen LogP contribution in [0.5, 0.6) is 0 Å². The molecule has 3 nitrogen and oxygen atoms in total. The number of nitrogens with one attached hydrogen (secondary N) is 1. The Hall–Kier alpha value is -1.65. The molecular weight excluding hydrogens is 277 g/mol. The molecular formula is C15H17ClFN3. The number of benzene rings is 1. The lowest BCUT2D eigenvalue weighted by Crippen LogP contribution is -2.21. The molecule has 0 aliphatic carbocycles. The van der Waals surface area contributed by atoms with Crippen molar-refractivity contribution < 1.29 is 4.39 Å². The second-order valence-electron chi connectivity index (χ2n) is 4.65. The third-order valence-electron chi connectivity index (χ3n) is 2.95. The molecule has 0 atom stereocenters. The monoisotopic (exact) mass is 293 g/mol. The van der Waals surface area contributed by atoms with E-state index in [2.05, 4.69) is 10.3 Å². The van der Waals surface area contributed by atoms with E-state index < -0.39 is 0 Å². The summed E-state index contributed by atoms with van der Waals surface area (Å²) in [6, 6.07) is 9.18. The van der Waals surface area contributed by atoms with Crippen molar-refractivity contribution in [3.05, 3.63) is 58.5 Å². The molecule has 0 saturated heterocycles. The minimum Gasteiger partial charge on any atom is -0.355 e. The van der Waals surface area contributed by atoms with E-state index in [-0.39, 0.29) is 5.82 Å². The van der Waals surface area contributed by atoms with Gasteiger partial charge in [0, 0.05) is 30.7 Å². The summed E-state index contributed by atoms with van der Waals surface area (Å²) >= 11 is 5.98. The molecule has 0 spiro atoms. The van der Waals surface area contributed by atoms with Gasteiger partial charge in [-0.05, 0) is 30.8 Å². The molecule has 5 heteroatoms. The van der Waals surface area contributed by atoms with Crippen LogP contribution in [0, 0.1) is 5.82 Å². The van der Waals surface area contributed by atoms with E-state index >= 15 is 0 Å². The predicted octanol–water partition coefficient (Wildman–Crippen LogP) is 3.23. The number of hydrogen-bond acceptors (Lipinski definition) is 3. The lowest BCUT2D eigenvalue weighted by atomic mass is 10.2. The average molecular weight is 294 g/mol. The highest BCUT2D eigenvalue weighted by molar-refractivity contribution is 6.30. The van der Waals surface area contributed by atoms with Gasteiger partial charge >= 0.3 is 0 Å². The minimum atomic E-state index is -0.324. The zero-order valence-electron chi connectivity index (χ0n) is 11.5. The molecule has 0 amide bonds. The Morgan fingerprint density at radius 2 is 2.15 bits per heavy atom. The van der Waals surface area contributed by atoms with E-state index in [1.54, 1.807) is 0 Å².